The van der Waals surface area contributed by atoms with Gasteiger partial charge in [0.15, 0.2) is 0 Å². The first kappa shape index (κ1) is 8.75. The third-order valence-corrected chi connectivity index (χ3v) is 4.10. The van der Waals surface area contributed by atoms with Gasteiger partial charge in [0.05, 0.1) is 5.84 Å². The first-order valence-electron chi connectivity index (χ1n) is 6.16. The van der Waals surface area contributed by atoms with Gasteiger partial charge < -0.3 is 5.32 Å². The molecule has 2 fully saturated rings. The van der Waals surface area contributed by atoms with Crippen LogP contribution in [0.3, 0.4) is 0 Å². The van der Waals surface area contributed by atoms with Crippen LogP contribution in [0.4, 0.5) is 0 Å². The van der Waals surface area contributed by atoms with E-state index in [0.717, 1.165) is 17.9 Å². The fraction of sp³-hybridized carbons (Fsp3) is 0.917. The molecule has 0 saturated heterocycles. The number of amidine groups is 1. The molecule has 0 bridgehead atoms. The maximum atomic E-state index is 4.55. The predicted molar refractivity (Wildman–Crippen MR) is 58.5 cm³/mol. The Kier molecular flexibility index (Phi) is 2.03. The Morgan fingerprint density at radius 2 is 2.14 bits per heavy atom. The smallest absolute Gasteiger partial charge is 0.0963 e. The van der Waals surface area contributed by atoms with Gasteiger partial charge in [-0.05, 0) is 49.9 Å². The van der Waals surface area contributed by atoms with E-state index in [1.54, 1.807) is 0 Å². The van der Waals surface area contributed by atoms with Crippen molar-refractivity contribution < 1.29 is 0 Å². The molecule has 0 amide bonds. The Balaban J connectivity index is 1.51. The molecule has 1 heterocycles. The number of hydrogen-bond acceptors (Lipinski definition) is 2. The van der Waals surface area contributed by atoms with Gasteiger partial charge in [-0.1, -0.05) is 0 Å². The molecular weight excluding hydrogens is 172 g/mol. The third kappa shape index (κ3) is 1.67. The summed E-state index contributed by atoms with van der Waals surface area (Å²) >= 11 is 0. The molecule has 78 valence electrons. The number of rotatable bonds is 3. The second-order valence-corrected chi connectivity index (χ2v) is 5.28. The summed E-state index contributed by atoms with van der Waals surface area (Å²) in [6.07, 6.45) is 9.75. The summed E-state index contributed by atoms with van der Waals surface area (Å²) in [5.74, 6) is 2.36. The molecule has 1 N–H and O–H groups in total. The van der Waals surface area contributed by atoms with Crippen molar-refractivity contribution in [3.63, 3.8) is 0 Å². The number of hydrogen-bond donors (Lipinski definition) is 1. The average Bonchev–Trinajstić information content (AvgIpc) is 3.08. The third-order valence-electron chi connectivity index (χ3n) is 4.10. The van der Waals surface area contributed by atoms with E-state index in [9.17, 15) is 0 Å². The zero-order chi connectivity index (χ0) is 9.43. The lowest BCUT2D eigenvalue weighted by Crippen LogP contribution is -2.32. The van der Waals surface area contributed by atoms with Crippen molar-refractivity contribution in [3.05, 3.63) is 0 Å². The summed E-state index contributed by atoms with van der Waals surface area (Å²) in [7, 11) is 0. The Labute approximate surface area is 86.2 Å². The van der Waals surface area contributed by atoms with E-state index in [-0.39, 0.29) is 0 Å². The highest BCUT2D eigenvalue weighted by Crippen LogP contribution is 2.60. The van der Waals surface area contributed by atoms with Crippen LogP contribution >= 0.6 is 0 Å². The van der Waals surface area contributed by atoms with Gasteiger partial charge in [0, 0.05) is 19.5 Å². The van der Waals surface area contributed by atoms with Gasteiger partial charge in [-0.25, -0.2) is 0 Å². The topological polar surface area (TPSA) is 24.4 Å². The molecule has 1 aliphatic heterocycles. The molecule has 3 rings (SSSR count). The molecule has 3 aliphatic rings. The first-order valence-corrected chi connectivity index (χ1v) is 6.16. The number of nitrogens with zero attached hydrogens (tertiary/aromatic N) is 1. The number of aliphatic imine (C=N–C) groups is 1. The lowest BCUT2D eigenvalue weighted by Gasteiger charge is -2.19. The molecule has 14 heavy (non-hydrogen) atoms. The summed E-state index contributed by atoms with van der Waals surface area (Å²) in [5.41, 5.74) is 0.722. The lowest BCUT2D eigenvalue weighted by atomic mass is 10.0. The minimum atomic E-state index is 0.722. The quantitative estimate of drug-likeness (QED) is 0.729. The summed E-state index contributed by atoms with van der Waals surface area (Å²) in [6.45, 7) is 2.27. The minimum absolute atomic E-state index is 0.722. The zero-order valence-electron chi connectivity index (χ0n) is 8.89. The molecule has 0 spiro atoms. The highest BCUT2D eigenvalue weighted by atomic mass is 15.0. The van der Waals surface area contributed by atoms with Gasteiger partial charge in [-0.15, -0.1) is 0 Å². The molecule has 0 aromatic carbocycles. The SMILES string of the molecule is C1CCC(NCC2(C3CC3)CC2)=NC1. The van der Waals surface area contributed by atoms with Crippen LogP contribution in [0.25, 0.3) is 0 Å². The molecule has 0 aromatic heterocycles. The van der Waals surface area contributed by atoms with Crippen molar-refractivity contribution >= 4 is 5.84 Å². The van der Waals surface area contributed by atoms with E-state index in [0.29, 0.717) is 0 Å². The standard InChI is InChI=1S/C12H20N2/c1-2-8-13-11(3-1)14-9-12(6-7-12)10-4-5-10/h10H,1-9H2,(H,13,14). The van der Waals surface area contributed by atoms with E-state index in [1.807, 2.05) is 0 Å². The van der Waals surface area contributed by atoms with Crippen molar-refractivity contribution in [1.29, 1.82) is 0 Å². The van der Waals surface area contributed by atoms with Crippen LogP contribution in [0.1, 0.15) is 44.9 Å². The first-order chi connectivity index (χ1) is 6.89. The van der Waals surface area contributed by atoms with Crippen LogP contribution in [-0.2, 0) is 0 Å². The molecule has 2 heteroatoms. The van der Waals surface area contributed by atoms with Crippen LogP contribution in [0.15, 0.2) is 4.99 Å². The molecule has 2 saturated carbocycles. The van der Waals surface area contributed by atoms with Crippen LogP contribution in [0.5, 0.6) is 0 Å². The highest BCUT2D eigenvalue weighted by Gasteiger charge is 2.53. The molecule has 0 unspecified atom stereocenters. The normalized spacial score (nSPS) is 29.6. The van der Waals surface area contributed by atoms with Gasteiger partial charge in [0.1, 0.15) is 0 Å². The lowest BCUT2D eigenvalue weighted by molar-refractivity contribution is 0.431. The Bertz CT molecular complexity index is 249. The zero-order valence-corrected chi connectivity index (χ0v) is 8.89. The van der Waals surface area contributed by atoms with Crippen LogP contribution < -0.4 is 5.32 Å². The predicted octanol–water partition coefficient (Wildman–Crippen LogP) is 2.35. The monoisotopic (exact) mass is 192 g/mol. The van der Waals surface area contributed by atoms with Gasteiger partial charge in [0.25, 0.3) is 0 Å². The maximum absolute atomic E-state index is 4.55. The second kappa shape index (κ2) is 3.25. The largest absolute Gasteiger partial charge is 0.373 e. The summed E-state index contributed by atoms with van der Waals surface area (Å²) in [6, 6.07) is 0. The van der Waals surface area contributed by atoms with E-state index in [2.05, 4.69) is 10.3 Å². The van der Waals surface area contributed by atoms with Gasteiger partial charge in [-0.2, -0.15) is 0 Å². The molecular formula is C12H20N2. The fourth-order valence-electron chi connectivity index (χ4n) is 2.71. The summed E-state index contributed by atoms with van der Waals surface area (Å²) in [5, 5.41) is 3.60. The van der Waals surface area contributed by atoms with Crippen molar-refractivity contribution in [1.82, 2.24) is 5.32 Å². The van der Waals surface area contributed by atoms with Crippen LogP contribution in [0.2, 0.25) is 0 Å². The number of nitrogens with one attached hydrogen (secondary N) is 1. The van der Waals surface area contributed by atoms with Crippen LogP contribution in [-0.4, -0.2) is 18.9 Å². The molecule has 0 radical (unpaired) electrons. The maximum Gasteiger partial charge on any atom is 0.0963 e. The average molecular weight is 192 g/mol. The van der Waals surface area contributed by atoms with Crippen molar-refractivity contribution in [2.75, 3.05) is 13.1 Å². The fourth-order valence-corrected chi connectivity index (χ4v) is 2.71. The van der Waals surface area contributed by atoms with Gasteiger partial charge >= 0.3 is 0 Å². The summed E-state index contributed by atoms with van der Waals surface area (Å²) in [4.78, 5) is 4.55. The molecule has 2 aliphatic carbocycles. The Morgan fingerprint density at radius 3 is 2.71 bits per heavy atom. The van der Waals surface area contributed by atoms with E-state index in [1.165, 1.54) is 57.3 Å². The van der Waals surface area contributed by atoms with Crippen molar-refractivity contribution in [2.24, 2.45) is 16.3 Å². The van der Waals surface area contributed by atoms with Gasteiger partial charge in [0.2, 0.25) is 0 Å². The van der Waals surface area contributed by atoms with Crippen molar-refractivity contribution in [2.45, 2.75) is 44.9 Å². The van der Waals surface area contributed by atoms with E-state index >= 15 is 0 Å². The Morgan fingerprint density at radius 1 is 1.29 bits per heavy atom. The van der Waals surface area contributed by atoms with E-state index < -0.39 is 0 Å². The van der Waals surface area contributed by atoms with Gasteiger partial charge in [-0.3, -0.25) is 4.99 Å². The molecule has 0 aromatic rings. The molecule has 2 nitrogen and oxygen atoms in total. The Hall–Kier alpha value is -0.530. The minimum Gasteiger partial charge on any atom is -0.373 e. The molecule has 0 atom stereocenters. The van der Waals surface area contributed by atoms with Crippen LogP contribution in [0, 0.1) is 11.3 Å². The van der Waals surface area contributed by atoms with Crippen molar-refractivity contribution in [3.8, 4) is 0 Å². The second-order valence-electron chi connectivity index (χ2n) is 5.28. The summed E-state index contributed by atoms with van der Waals surface area (Å²) < 4.78 is 0. The van der Waals surface area contributed by atoms with E-state index in [4.69, 9.17) is 0 Å². The highest BCUT2D eigenvalue weighted by molar-refractivity contribution is 5.82.